The number of nitrogens with one attached hydrogen (secondary N) is 1. The number of fused-ring (bicyclic) bond motifs is 1. The minimum Gasteiger partial charge on any atom is -0.369 e. The molecule has 3 heterocycles. The summed E-state index contributed by atoms with van der Waals surface area (Å²) < 4.78 is 2.25. The minimum absolute atomic E-state index is 0.00692. The van der Waals surface area contributed by atoms with Crippen molar-refractivity contribution in [3.8, 4) is 0 Å². The third-order valence-corrected chi connectivity index (χ3v) is 7.16. The molecule has 2 fully saturated rings. The smallest absolute Gasteiger partial charge is 0.322 e. The first-order valence-corrected chi connectivity index (χ1v) is 12.2. The van der Waals surface area contributed by atoms with Gasteiger partial charge < -0.3 is 24.6 Å². The summed E-state index contributed by atoms with van der Waals surface area (Å²) >= 11 is 0. The fraction of sp³-hybridized carbons (Fsp3) is 0.462. The van der Waals surface area contributed by atoms with Gasteiger partial charge in [-0.3, -0.25) is 0 Å². The number of hydrogen-bond donors (Lipinski definition) is 1. The number of piperazine rings is 1. The largest absolute Gasteiger partial charge is 0.369 e. The molecule has 0 aliphatic carbocycles. The third-order valence-electron chi connectivity index (χ3n) is 7.16. The van der Waals surface area contributed by atoms with Crippen LogP contribution in [0.4, 0.5) is 16.2 Å². The lowest BCUT2D eigenvalue weighted by Crippen LogP contribution is -2.46. The van der Waals surface area contributed by atoms with Crippen molar-refractivity contribution in [2.45, 2.75) is 39.3 Å². The van der Waals surface area contributed by atoms with Gasteiger partial charge in [-0.1, -0.05) is 25.1 Å². The average Bonchev–Trinajstić information content (AvgIpc) is 3.44. The van der Waals surface area contributed by atoms with E-state index in [1.54, 1.807) is 0 Å². The van der Waals surface area contributed by atoms with E-state index in [-0.39, 0.29) is 12.1 Å². The van der Waals surface area contributed by atoms with Gasteiger partial charge in [0.2, 0.25) is 0 Å². The van der Waals surface area contributed by atoms with E-state index in [1.807, 2.05) is 42.2 Å². The summed E-state index contributed by atoms with van der Waals surface area (Å²) in [7, 11) is 0. The second-order valence-corrected chi connectivity index (χ2v) is 9.15. The topological polar surface area (TPSA) is 56.6 Å². The van der Waals surface area contributed by atoms with Crippen molar-refractivity contribution in [3.63, 3.8) is 0 Å². The molecule has 2 aliphatic rings. The van der Waals surface area contributed by atoms with Gasteiger partial charge in [-0.05, 0) is 56.6 Å². The Labute approximate surface area is 196 Å². The molecule has 2 amide bonds. The van der Waals surface area contributed by atoms with Crippen molar-refractivity contribution < 1.29 is 4.79 Å². The van der Waals surface area contributed by atoms with E-state index in [2.05, 4.69) is 44.8 Å². The lowest BCUT2D eigenvalue weighted by Gasteiger charge is -2.35. The SMILES string of the molecule is CCN1CCN(c2cccc(NC(=O)N3CCCC3Cn3c(C)nc4ccccc43)c2)CC1. The van der Waals surface area contributed by atoms with E-state index in [4.69, 9.17) is 4.98 Å². The predicted octanol–water partition coefficient (Wildman–Crippen LogP) is 4.18. The van der Waals surface area contributed by atoms with Gasteiger partial charge >= 0.3 is 6.03 Å². The number of urea groups is 1. The van der Waals surface area contributed by atoms with Gasteiger partial charge in [0.25, 0.3) is 0 Å². The maximum absolute atomic E-state index is 13.2. The zero-order valence-electron chi connectivity index (χ0n) is 19.7. The van der Waals surface area contributed by atoms with Crippen LogP contribution in [0.25, 0.3) is 11.0 Å². The molecule has 3 aromatic rings. The standard InChI is InChI=1S/C26H34N6O/c1-3-29-14-16-30(17-15-29)22-9-6-8-21(18-22)28-26(33)31-13-7-10-23(31)19-32-20(2)27-24-11-4-5-12-25(24)32/h4-6,8-9,11-12,18,23H,3,7,10,13-17,19H2,1-2H3,(H,28,33). The molecule has 7 nitrogen and oxygen atoms in total. The molecule has 2 saturated heterocycles. The molecule has 33 heavy (non-hydrogen) atoms. The van der Waals surface area contributed by atoms with Crippen LogP contribution in [0.2, 0.25) is 0 Å². The Morgan fingerprint density at radius 2 is 1.88 bits per heavy atom. The predicted molar refractivity (Wildman–Crippen MR) is 134 cm³/mol. The lowest BCUT2D eigenvalue weighted by molar-refractivity contribution is 0.201. The highest BCUT2D eigenvalue weighted by molar-refractivity contribution is 5.90. The first-order chi connectivity index (χ1) is 16.1. The highest BCUT2D eigenvalue weighted by atomic mass is 16.2. The van der Waals surface area contributed by atoms with E-state index < -0.39 is 0 Å². The molecule has 7 heteroatoms. The lowest BCUT2D eigenvalue weighted by atomic mass is 10.2. The maximum Gasteiger partial charge on any atom is 0.322 e. The van der Waals surface area contributed by atoms with E-state index in [1.165, 1.54) is 5.69 Å². The number of benzene rings is 2. The van der Waals surface area contributed by atoms with Crippen LogP contribution < -0.4 is 10.2 Å². The molecule has 0 saturated carbocycles. The fourth-order valence-corrected chi connectivity index (χ4v) is 5.23. The number of likely N-dealkylation sites (N-methyl/N-ethyl adjacent to an activating group) is 1. The van der Waals surface area contributed by atoms with Gasteiger partial charge in [-0.25, -0.2) is 9.78 Å². The van der Waals surface area contributed by atoms with E-state index in [0.29, 0.717) is 0 Å². The van der Waals surface area contributed by atoms with Crippen LogP contribution in [0.15, 0.2) is 48.5 Å². The molecule has 1 N–H and O–H groups in total. The van der Waals surface area contributed by atoms with Gasteiger partial charge in [-0.2, -0.15) is 0 Å². The quantitative estimate of drug-likeness (QED) is 0.639. The molecule has 0 radical (unpaired) electrons. The third kappa shape index (κ3) is 4.55. The zero-order valence-corrected chi connectivity index (χ0v) is 19.7. The van der Waals surface area contributed by atoms with Crippen LogP contribution in [0.5, 0.6) is 0 Å². The summed E-state index contributed by atoms with van der Waals surface area (Å²) in [5, 5.41) is 3.17. The first kappa shape index (κ1) is 21.8. The number of hydrogen-bond acceptors (Lipinski definition) is 4. The number of imidazole rings is 1. The van der Waals surface area contributed by atoms with Crippen molar-refractivity contribution in [2.24, 2.45) is 0 Å². The Balaban J connectivity index is 1.26. The van der Waals surface area contributed by atoms with E-state index in [9.17, 15) is 4.79 Å². The summed E-state index contributed by atoms with van der Waals surface area (Å²) in [5.74, 6) is 0.999. The fourth-order valence-electron chi connectivity index (χ4n) is 5.23. The highest BCUT2D eigenvalue weighted by Gasteiger charge is 2.30. The first-order valence-electron chi connectivity index (χ1n) is 12.2. The van der Waals surface area contributed by atoms with E-state index in [0.717, 1.165) is 81.2 Å². The van der Waals surface area contributed by atoms with Gasteiger partial charge in [-0.15, -0.1) is 0 Å². The van der Waals surface area contributed by atoms with Crippen molar-refractivity contribution in [2.75, 3.05) is 49.5 Å². The number of likely N-dealkylation sites (tertiary alicyclic amines) is 1. The summed E-state index contributed by atoms with van der Waals surface area (Å²) in [6, 6.07) is 16.7. The van der Waals surface area contributed by atoms with Crippen molar-refractivity contribution in [3.05, 3.63) is 54.4 Å². The molecule has 2 aliphatic heterocycles. The van der Waals surface area contributed by atoms with Crippen LogP contribution in [-0.2, 0) is 6.54 Å². The van der Waals surface area contributed by atoms with Crippen LogP contribution in [0.1, 0.15) is 25.6 Å². The van der Waals surface area contributed by atoms with Gasteiger partial charge in [0.15, 0.2) is 0 Å². The molecule has 2 aromatic carbocycles. The van der Waals surface area contributed by atoms with Crippen LogP contribution in [-0.4, -0.2) is 70.7 Å². The maximum atomic E-state index is 13.2. The molecule has 174 valence electrons. The molecule has 1 unspecified atom stereocenters. The zero-order chi connectivity index (χ0) is 22.8. The van der Waals surface area contributed by atoms with Gasteiger partial charge in [0.1, 0.15) is 5.82 Å². The Bertz CT molecular complexity index is 1120. The highest BCUT2D eigenvalue weighted by Crippen LogP contribution is 2.25. The molecule has 5 rings (SSSR count). The molecule has 0 bridgehead atoms. The van der Waals surface area contributed by atoms with Crippen LogP contribution in [0, 0.1) is 6.92 Å². The number of carbonyl (C=O) groups excluding carboxylic acids is 1. The number of para-hydroxylation sites is 2. The Morgan fingerprint density at radius 3 is 2.70 bits per heavy atom. The Hall–Kier alpha value is -3.06. The van der Waals surface area contributed by atoms with E-state index >= 15 is 0 Å². The molecule has 1 atom stereocenters. The van der Waals surface area contributed by atoms with Crippen molar-refractivity contribution in [1.29, 1.82) is 0 Å². The normalized spacial score (nSPS) is 19.4. The molecule has 1 aromatic heterocycles. The number of anilines is 2. The molecular weight excluding hydrogens is 412 g/mol. The number of aryl methyl sites for hydroxylation is 1. The average molecular weight is 447 g/mol. The van der Waals surface area contributed by atoms with Gasteiger partial charge in [0, 0.05) is 50.6 Å². The monoisotopic (exact) mass is 446 g/mol. The second kappa shape index (κ2) is 9.43. The minimum atomic E-state index is -0.00692. The number of aromatic nitrogens is 2. The summed E-state index contributed by atoms with van der Waals surface area (Å²) in [6.45, 7) is 11.2. The number of nitrogens with zero attached hydrogens (tertiary/aromatic N) is 5. The van der Waals surface area contributed by atoms with Crippen molar-refractivity contribution in [1.82, 2.24) is 19.4 Å². The number of amides is 2. The molecular formula is C26H34N6O. The van der Waals surface area contributed by atoms with Crippen LogP contribution in [0.3, 0.4) is 0 Å². The Morgan fingerprint density at radius 1 is 1.06 bits per heavy atom. The summed E-state index contributed by atoms with van der Waals surface area (Å²) in [5.41, 5.74) is 4.20. The number of rotatable bonds is 5. The van der Waals surface area contributed by atoms with Gasteiger partial charge in [0.05, 0.1) is 17.1 Å². The summed E-state index contributed by atoms with van der Waals surface area (Å²) in [4.78, 5) is 24.8. The number of carbonyl (C=O) groups is 1. The van der Waals surface area contributed by atoms with Crippen LogP contribution >= 0.6 is 0 Å². The summed E-state index contributed by atoms with van der Waals surface area (Å²) in [6.07, 6.45) is 2.05. The second-order valence-electron chi connectivity index (χ2n) is 9.15. The van der Waals surface area contributed by atoms with Crippen molar-refractivity contribution >= 4 is 28.4 Å². The molecule has 0 spiro atoms. The Kier molecular flexibility index (Phi) is 6.22.